The Bertz CT molecular complexity index is 534. The highest BCUT2D eigenvalue weighted by Gasteiger charge is 2.55. The summed E-state index contributed by atoms with van der Waals surface area (Å²) in [5.74, 6) is -0.0354. The molecule has 1 aliphatic rings. The molecular formula is C11H20O6S2. The summed E-state index contributed by atoms with van der Waals surface area (Å²) in [4.78, 5) is 0. The summed E-state index contributed by atoms with van der Waals surface area (Å²) in [6.45, 7) is 1.98. The molecule has 0 saturated heterocycles. The van der Waals surface area contributed by atoms with Gasteiger partial charge < -0.3 is 0 Å². The molecule has 1 aliphatic carbocycles. The summed E-state index contributed by atoms with van der Waals surface area (Å²) in [7, 11) is -7.00. The van der Waals surface area contributed by atoms with Crippen molar-refractivity contribution in [2.45, 2.75) is 31.8 Å². The molecule has 0 heterocycles. The van der Waals surface area contributed by atoms with Gasteiger partial charge in [-0.3, -0.25) is 8.37 Å². The van der Waals surface area contributed by atoms with Crippen LogP contribution in [0.15, 0.2) is 12.2 Å². The van der Waals surface area contributed by atoms with E-state index in [2.05, 4.69) is 4.18 Å². The molecule has 0 aromatic rings. The summed E-state index contributed by atoms with van der Waals surface area (Å²) < 4.78 is 53.9. The minimum Gasteiger partial charge on any atom is -0.270 e. The molecule has 0 aromatic heterocycles. The summed E-state index contributed by atoms with van der Waals surface area (Å²) >= 11 is 0. The molecule has 0 aromatic carbocycles. The minimum atomic E-state index is -3.55. The van der Waals surface area contributed by atoms with Gasteiger partial charge in [-0.2, -0.15) is 16.8 Å². The quantitative estimate of drug-likeness (QED) is 0.492. The first kappa shape index (κ1) is 16.6. The van der Waals surface area contributed by atoms with Gasteiger partial charge in [0.15, 0.2) is 0 Å². The van der Waals surface area contributed by atoms with Gasteiger partial charge in [-0.05, 0) is 25.2 Å². The van der Waals surface area contributed by atoms with Crippen molar-refractivity contribution < 1.29 is 25.2 Å². The smallest absolute Gasteiger partial charge is 0.265 e. The van der Waals surface area contributed by atoms with Gasteiger partial charge in [0.2, 0.25) is 0 Å². The first-order valence-corrected chi connectivity index (χ1v) is 9.64. The van der Waals surface area contributed by atoms with E-state index in [4.69, 9.17) is 4.18 Å². The molecule has 0 aliphatic heterocycles. The van der Waals surface area contributed by atoms with Gasteiger partial charge in [-0.15, -0.1) is 0 Å². The largest absolute Gasteiger partial charge is 0.270 e. The van der Waals surface area contributed by atoms with E-state index in [1.165, 1.54) is 0 Å². The van der Waals surface area contributed by atoms with Crippen LogP contribution in [0.4, 0.5) is 0 Å². The van der Waals surface area contributed by atoms with Crippen LogP contribution >= 0.6 is 0 Å². The zero-order chi connectivity index (χ0) is 14.7. The lowest BCUT2D eigenvalue weighted by molar-refractivity contribution is 0.206. The van der Waals surface area contributed by atoms with E-state index < -0.39 is 25.8 Å². The van der Waals surface area contributed by atoms with Crippen molar-refractivity contribution in [2.75, 3.05) is 19.1 Å². The standard InChI is InChI=1S/C11H20O6S2/c1-4-5-7-11(17-19(3,14)15)9-10(11)6-8-16-18(2,12)13/h5,7,10H,4,6,8-9H2,1-3H3/b7-5+/t10-,11+/m1/s1. The highest BCUT2D eigenvalue weighted by Crippen LogP contribution is 2.51. The van der Waals surface area contributed by atoms with Crippen LogP contribution < -0.4 is 0 Å². The van der Waals surface area contributed by atoms with E-state index in [0.29, 0.717) is 12.8 Å². The van der Waals surface area contributed by atoms with Gasteiger partial charge in [0, 0.05) is 0 Å². The van der Waals surface area contributed by atoms with E-state index in [1.54, 1.807) is 6.08 Å². The zero-order valence-corrected chi connectivity index (χ0v) is 13.0. The monoisotopic (exact) mass is 312 g/mol. The van der Waals surface area contributed by atoms with Crippen molar-refractivity contribution in [1.29, 1.82) is 0 Å². The predicted octanol–water partition coefficient (Wildman–Crippen LogP) is 1.05. The Morgan fingerprint density at radius 1 is 1.21 bits per heavy atom. The predicted molar refractivity (Wildman–Crippen MR) is 71.6 cm³/mol. The first-order chi connectivity index (χ1) is 8.58. The fourth-order valence-electron chi connectivity index (χ4n) is 1.95. The fraction of sp³-hybridized carbons (Fsp3) is 0.818. The fourth-order valence-corrected chi connectivity index (χ4v) is 3.17. The van der Waals surface area contributed by atoms with Crippen LogP contribution in [0.2, 0.25) is 0 Å². The topological polar surface area (TPSA) is 86.7 Å². The maximum atomic E-state index is 11.2. The van der Waals surface area contributed by atoms with E-state index in [0.717, 1.165) is 18.9 Å². The van der Waals surface area contributed by atoms with Crippen molar-refractivity contribution in [3.63, 3.8) is 0 Å². The number of rotatable bonds is 8. The molecule has 6 nitrogen and oxygen atoms in total. The maximum Gasteiger partial charge on any atom is 0.265 e. The second-order valence-corrected chi connectivity index (χ2v) is 7.99. The van der Waals surface area contributed by atoms with Crippen molar-refractivity contribution in [2.24, 2.45) is 5.92 Å². The second kappa shape index (κ2) is 5.90. The van der Waals surface area contributed by atoms with Gasteiger partial charge in [0.05, 0.1) is 19.1 Å². The average Bonchev–Trinajstić information content (AvgIpc) is 2.84. The molecule has 0 unspecified atom stereocenters. The van der Waals surface area contributed by atoms with Crippen LogP contribution in [0.1, 0.15) is 26.2 Å². The molecule has 0 radical (unpaired) electrons. The number of hydrogen-bond donors (Lipinski definition) is 0. The molecule has 0 amide bonds. The van der Waals surface area contributed by atoms with E-state index in [9.17, 15) is 16.8 Å². The zero-order valence-electron chi connectivity index (χ0n) is 11.3. The van der Waals surface area contributed by atoms with Crippen LogP contribution in [0.5, 0.6) is 0 Å². The van der Waals surface area contributed by atoms with E-state index in [1.807, 2.05) is 13.0 Å². The minimum absolute atomic E-state index is 0.0354. The average molecular weight is 312 g/mol. The molecule has 19 heavy (non-hydrogen) atoms. The molecule has 1 saturated carbocycles. The summed E-state index contributed by atoms with van der Waals surface area (Å²) in [6, 6.07) is 0. The van der Waals surface area contributed by atoms with Crippen LogP contribution in [0, 0.1) is 5.92 Å². The Morgan fingerprint density at radius 3 is 2.32 bits per heavy atom. The molecule has 0 bridgehead atoms. The normalized spacial score (nSPS) is 27.8. The molecule has 0 spiro atoms. The van der Waals surface area contributed by atoms with Crippen LogP contribution in [0.3, 0.4) is 0 Å². The Hall–Kier alpha value is -0.440. The lowest BCUT2D eigenvalue weighted by Crippen LogP contribution is -2.20. The highest BCUT2D eigenvalue weighted by molar-refractivity contribution is 7.86. The number of hydrogen-bond acceptors (Lipinski definition) is 6. The van der Waals surface area contributed by atoms with Crippen molar-refractivity contribution in [1.82, 2.24) is 0 Å². The first-order valence-electron chi connectivity index (χ1n) is 6.01. The third-order valence-electron chi connectivity index (χ3n) is 2.80. The van der Waals surface area contributed by atoms with Gasteiger partial charge in [-0.25, -0.2) is 0 Å². The summed E-state index contributed by atoms with van der Waals surface area (Å²) in [6.07, 6.45) is 7.37. The van der Waals surface area contributed by atoms with E-state index in [-0.39, 0.29) is 12.5 Å². The molecule has 1 fully saturated rings. The third-order valence-corrected chi connectivity index (χ3v) is 4.01. The van der Waals surface area contributed by atoms with E-state index >= 15 is 0 Å². The van der Waals surface area contributed by atoms with Gasteiger partial charge in [0.1, 0.15) is 5.60 Å². The van der Waals surface area contributed by atoms with Crippen LogP contribution in [0.25, 0.3) is 0 Å². The van der Waals surface area contributed by atoms with Crippen LogP contribution in [-0.4, -0.2) is 41.6 Å². The Labute approximate surface area is 115 Å². The lowest BCUT2D eigenvalue weighted by atomic mass is 10.2. The third kappa shape index (κ3) is 6.03. The second-order valence-electron chi connectivity index (χ2n) is 4.77. The number of allylic oxidation sites excluding steroid dienone is 1. The van der Waals surface area contributed by atoms with Crippen molar-refractivity contribution >= 4 is 20.2 Å². The summed E-state index contributed by atoms with van der Waals surface area (Å²) in [5.41, 5.74) is -0.815. The SMILES string of the molecule is CC/C=C/[C@]1(OS(C)(=O)=O)C[C@H]1CCOS(C)(=O)=O. The molecule has 0 N–H and O–H groups in total. The van der Waals surface area contributed by atoms with Gasteiger partial charge in [0.25, 0.3) is 20.2 Å². The Balaban J connectivity index is 2.60. The Morgan fingerprint density at radius 2 is 1.84 bits per heavy atom. The molecular weight excluding hydrogens is 292 g/mol. The molecule has 2 atom stereocenters. The van der Waals surface area contributed by atoms with Gasteiger partial charge >= 0.3 is 0 Å². The lowest BCUT2D eigenvalue weighted by Gasteiger charge is -2.12. The Kier molecular flexibility index (Phi) is 5.16. The maximum absolute atomic E-state index is 11.2. The van der Waals surface area contributed by atoms with Crippen LogP contribution in [-0.2, 0) is 28.6 Å². The summed E-state index contributed by atoms with van der Waals surface area (Å²) in [5, 5.41) is 0. The molecule has 8 heteroatoms. The molecule has 112 valence electrons. The van der Waals surface area contributed by atoms with Crippen molar-refractivity contribution in [3.8, 4) is 0 Å². The van der Waals surface area contributed by atoms with Gasteiger partial charge in [-0.1, -0.05) is 19.1 Å². The van der Waals surface area contributed by atoms with Crippen molar-refractivity contribution in [3.05, 3.63) is 12.2 Å². The highest BCUT2D eigenvalue weighted by atomic mass is 32.2. The molecule has 1 rings (SSSR count).